The Morgan fingerprint density at radius 1 is 1.46 bits per heavy atom. The maximum Gasteiger partial charge on any atom is 0.222 e. The summed E-state index contributed by atoms with van der Waals surface area (Å²) in [4.78, 5) is 11.3. The minimum absolute atomic E-state index is 0.0591. The number of nitrogens with one attached hydrogen (secondary N) is 1. The van der Waals surface area contributed by atoms with E-state index >= 15 is 0 Å². The molecular formula is C10H19NO2. The van der Waals surface area contributed by atoms with Gasteiger partial charge in [-0.05, 0) is 19.8 Å². The van der Waals surface area contributed by atoms with Gasteiger partial charge in [0.1, 0.15) is 0 Å². The Morgan fingerprint density at radius 3 is 2.62 bits per heavy atom. The summed E-state index contributed by atoms with van der Waals surface area (Å²) in [6, 6.07) is 0.150. The zero-order valence-electron chi connectivity index (χ0n) is 8.67. The number of hydrogen-bond donors (Lipinski definition) is 1. The molecule has 1 rings (SSSR count). The van der Waals surface area contributed by atoms with Gasteiger partial charge in [0.25, 0.3) is 0 Å². The molecule has 13 heavy (non-hydrogen) atoms. The monoisotopic (exact) mass is 185 g/mol. The van der Waals surface area contributed by atoms with Gasteiger partial charge in [-0.1, -0.05) is 13.8 Å². The molecule has 76 valence electrons. The van der Waals surface area contributed by atoms with Crippen LogP contribution in [-0.4, -0.2) is 24.7 Å². The molecule has 0 aromatic carbocycles. The van der Waals surface area contributed by atoms with Gasteiger partial charge in [-0.15, -0.1) is 0 Å². The van der Waals surface area contributed by atoms with Gasteiger partial charge in [-0.2, -0.15) is 0 Å². The van der Waals surface area contributed by atoms with Crippen LogP contribution in [-0.2, 0) is 9.53 Å². The van der Waals surface area contributed by atoms with Crippen molar-refractivity contribution < 1.29 is 9.53 Å². The Bertz CT molecular complexity index is 174. The quantitative estimate of drug-likeness (QED) is 0.720. The summed E-state index contributed by atoms with van der Waals surface area (Å²) in [5, 5.41) is 2.96. The Kier molecular flexibility index (Phi) is 3.72. The predicted molar refractivity (Wildman–Crippen MR) is 51.4 cm³/mol. The van der Waals surface area contributed by atoms with Gasteiger partial charge in [-0.3, -0.25) is 4.79 Å². The average molecular weight is 185 g/mol. The summed E-state index contributed by atoms with van der Waals surface area (Å²) in [5.74, 6) is 0.173. The van der Waals surface area contributed by atoms with Crippen LogP contribution in [0.2, 0.25) is 0 Å². The zero-order chi connectivity index (χ0) is 9.84. The molecule has 1 aliphatic rings. The van der Waals surface area contributed by atoms with Crippen molar-refractivity contribution in [3.05, 3.63) is 0 Å². The molecule has 1 aliphatic heterocycles. The Hall–Kier alpha value is -0.570. The van der Waals surface area contributed by atoms with Crippen LogP contribution in [0.5, 0.6) is 0 Å². The van der Waals surface area contributed by atoms with Gasteiger partial charge in [0, 0.05) is 12.5 Å². The largest absolute Gasteiger partial charge is 0.376 e. The molecule has 0 unspecified atom stereocenters. The minimum Gasteiger partial charge on any atom is -0.376 e. The van der Waals surface area contributed by atoms with Gasteiger partial charge in [0.05, 0.1) is 12.1 Å². The van der Waals surface area contributed by atoms with Crippen molar-refractivity contribution in [1.29, 1.82) is 0 Å². The highest BCUT2D eigenvalue weighted by Gasteiger charge is 2.23. The molecule has 0 aromatic rings. The van der Waals surface area contributed by atoms with Crippen LogP contribution in [0.25, 0.3) is 0 Å². The van der Waals surface area contributed by atoms with Crippen molar-refractivity contribution in [2.75, 3.05) is 6.61 Å². The first kappa shape index (κ1) is 10.5. The van der Waals surface area contributed by atoms with Crippen molar-refractivity contribution in [2.24, 2.45) is 5.92 Å². The predicted octanol–water partition coefficient (Wildman–Crippen LogP) is 1.33. The maximum absolute atomic E-state index is 11.3. The van der Waals surface area contributed by atoms with Gasteiger partial charge in [0.15, 0.2) is 0 Å². The molecule has 0 bridgehead atoms. The van der Waals surface area contributed by atoms with Gasteiger partial charge in [-0.25, -0.2) is 0 Å². The summed E-state index contributed by atoms with van der Waals surface area (Å²) >= 11 is 0. The molecule has 1 heterocycles. The van der Waals surface area contributed by atoms with Gasteiger partial charge < -0.3 is 10.1 Å². The molecule has 0 aliphatic carbocycles. The molecule has 3 nitrogen and oxygen atoms in total. The third kappa shape index (κ3) is 2.99. The van der Waals surface area contributed by atoms with Crippen LogP contribution in [0.3, 0.4) is 0 Å². The molecule has 0 saturated carbocycles. The second kappa shape index (κ2) is 4.61. The number of amides is 1. The fourth-order valence-electron chi connectivity index (χ4n) is 1.48. The Labute approximate surface area is 79.8 Å². The average Bonchev–Trinajstić information content (AvgIpc) is 2.55. The van der Waals surface area contributed by atoms with Crippen molar-refractivity contribution >= 4 is 5.91 Å². The number of carbonyl (C=O) groups is 1. The summed E-state index contributed by atoms with van der Waals surface area (Å²) in [6.45, 7) is 6.65. The van der Waals surface area contributed by atoms with E-state index < -0.39 is 0 Å². The van der Waals surface area contributed by atoms with Crippen molar-refractivity contribution in [2.45, 2.75) is 45.8 Å². The van der Waals surface area contributed by atoms with Crippen LogP contribution in [0, 0.1) is 5.92 Å². The van der Waals surface area contributed by atoms with E-state index in [4.69, 9.17) is 4.74 Å². The Morgan fingerprint density at radius 2 is 2.15 bits per heavy atom. The van der Waals surface area contributed by atoms with E-state index in [9.17, 15) is 4.79 Å². The van der Waals surface area contributed by atoms with Crippen LogP contribution in [0.15, 0.2) is 0 Å². The summed E-state index contributed by atoms with van der Waals surface area (Å²) in [6.07, 6.45) is 2.41. The SMILES string of the molecule is CC(C)C(=O)N[C@H](C)[C@@H]1CCCO1. The fourth-order valence-corrected chi connectivity index (χ4v) is 1.48. The number of carbonyl (C=O) groups excluding carboxylic acids is 1. The van der Waals surface area contributed by atoms with E-state index in [-0.39, 0.29) is 24.0 Å². The van der Waals surface area contributed by atoms with E-state index in [0.29, 0.717) is 0 Å². The van der Waals surface area contributed by atoms with Crippen LogP contribution in [0.1, 0.15) is 33.6 Å². The highest BCUT2D eigenvalue weighted by molar-refractivity contribution is 5.78. The van der Waals surface area contributed by atoms with E-state index in [1.165, 1.54) is 0 Å². The summed E-state index contributed by atoms with van der Waals surface area (Å²) in [5.41, 5.74) is 0. The lowest BCUT2D eigenvalue weighted by Gasteiger charge is -2.20. The molecule has 1 saturated heterocycles. The molecule has 2 atom stereocenters. The fraction of sp³-hybridized carbons (Fsp3) is 0.900. The van der Waals surface area contributed by atoms with Crippen LogP contribution >= 0.6 is 0 Å². The van der Waals surface area contributed by atoms with E-state index in [0.717, 1.165) is 19.4 Å². The highest BCUT2D eigenvalue weighted by Crippen LogP contribution is 2.15. The number of hydrogen-bond acceptors (Lipinski definition) is 2. The lowest BCUT2D eigenvalue weighted by molar-refractivity contribution is -0.125. The maximum atomic E-state index is 11.3. The van der Waals surface area contributed by atoms with E-state index in [1.54, 1.807) is 0 Å². The highest BCUT2D eigenvalue weighted by atomic mass is 16.5. The molecule has 0 aromatic heterocycles. The summed E-state index contributed by atoms with van der Waals surface area (Å²) in [7, 11) is 0. The topological polar surface area (TPSA) is 38.3 Å². The zero-order valence-corrected chi connectivity index (χ0v) is 8.67. The third-order valence-electron chi connectivity index (χ3n) is 2.42. The van der Waals surface area contributed by atoms with Crippen LogP contribution < -0.4 is 5.32 Å². The smallest absolute Gasteiger partial charge is 0.222 e. The second-order valence-corrected chi connectivity index (χ2v) is 4.00. The van der Waals surface area contributed by atoms with Gasteiger partial charge >= 0.3 is 0 Å². The lowest BCUT2D eigenvalue weighted by Crippen LogP contribution is -2.42. The molecular weight excluding hydrogens is 166 g/mol. The minimum atomic E-state index is 0.0591. The summed E-state index contributed by atoms with van der Waals surface area (Å²) < 4.78 is 5.48. The van der Waals surface area contributed by atoms with Crippen molar-refractivity contribution in [3.8, 4) is 0 Å². The molecule has 0 spiro atoms. The third-order valence-corrected chi connectivity index (χ3v) is 2.42. The normalized spacial score (nSPS) is 24.8. The van der Waals surface area contributed by atoms with Crippen molar-refractivity contribution in [1.82, 2.24) is 5.32 Å². The van der Waals surface area contributed by atoms with Crippen LogP contribution in [0.4, 0.5) is 0 Å². The standard InChI is InChI=1S/C10H19NO2/c1-7(2)10(12)11-8(3)9-5-4-6-13-9/h7-9H,4-6H2,1-3H3,(H,11,12)/t8-,9+/m1/s1. The number of ether oxygens (including phenoxy) is 1. The second-order valence-electron chi connectivity index (χ2n) is 4.00. The molecule has 3 heteroatoms. The number of rotatable bonds is 3. The van der Waals surface area contributed by atoms with Gasteiger partial charge in [0.2, 0.25) is 5.91 Å². The first-order valence-electron chi connectivity index (χ1n) is 5.03. The van der Waals surface area contributed by atoms with E-state index in [2.05, 4.69) is 5.32 Å². The van der Waals surface area contributed by atoms with Crippen molar-refractivity contribution in [3.63, 3.8) is 0 Å². The molecule has 1 amide bonds. The molecule has 1 fully saturated rings. The van der Waals surface area contributed by atoms with E-state index in [1.807, 2.05) is 20.8 Å². The first-order chi connectivity index (χ1) is 6.11. The molecule has 1 N–H and O–H groups in total. The first-order valence-corrected chi connectivity index (χ1v) is 5.03. The lowest BCUT2D eigenvalue weighted by atomic mass is 10.1. The molecule has 0 radical (unpaired) electrons. The Balaban J connectivity index is 2.31.